The summed E-state index contributed by atoms with van der Waals surface area (Å²) >= 11 is 0. The van der Waals surface area contributed by atoms with Crippen LogP contribution in [0.25, 0.3) is 11.3 Å². The van der Waals surface area contributed by atoms with Gasteiger partial charge in [-0.2, -0.15) is 5.26 Å². The first kappa shape index (κ1) is 12.1. The number of rotatable bonds is 2. The van der Waals surface area contributed by atoms with Crippen molar-refractivity contribution in [2.75, 3.05) is 7.11 Å². The first-order valence-electron chi connectivity index (χ1n) is 5.55. The van der Waals surface area contributed by atoms with Crippen LogP contribution in [0, 0.1) is 25.2 Å². The third-order valence-corrected chi connectivity index (χ3v) is 2.58. The standard InChI is InChI=1S/C14H13N3O/c1-9-4-5-14(18-3)12(6-9)13-7-11(8-15)16-10(2)17-13/h4-7H,1-3H3. The molecule has 0 bridgehead atoms. The van der Waals surface area contributed by atoms with Crippen molar-refractivity contribution in [1.29, 1.82) is 5.26 Å². The fourth-order valence-corrected chi connectivity index (χ4v) is 1.78. The zero-order valence-electron chi connectivity index (χ0n) is 10.6. The Bertz CT molecular complexity index is 629. The van der Waals surface area contributed by atoms with Crippen LogP contribution in [0.3, 0.4) is 0 Å². The highest BCUT2D eigenvalue weighted by atomic mass is 16.5. The molecule has 0 aliphatic carbocycles. The first-order chi connectivity index (χ1) is 8.63. The van der Waals surface area contributed by atoms with Crippen LogP contribution in [0.2, 0.25) is 0 Å². The van der Waals surface area contributed by atoms with Gasteiger partial charge in [-0.15, -0.1) is 0 Å². The molecule has 0 saturated heterocycles. The van der Waals surface area contributed by atoms with E-state index >= 15 is 0 Å². The second-order valence-electron chi connectivity index (χ2n) is 4.00. The lowest BCUT2D eigenvalue weighted by atomic mass is 10.1. The predicted molar refractivity (Wildman–Crippen MR) is 68.2 cm³/mol. The lowest BCUT2D eigenvalue weighted by Crippen LogP contribution is -1.96. The molecule has 2 rings (SSSR count). The lowest BCUT2D eigenvalue weighted by molar-refractivity contribution is 0.416. The van der Waals surface area contributed by atoms with Crippen molar-refractivity contribution >= 4 is 0 Å². The van der Waals surface area contributed by atoms with E-state index in [1.165, 1.54) is 0 Å². The Morgan fingerprint density at radius 3 is 2.61 bits per heavy atom. The molecule has 0 atom stereocenters. The summed E-state index contributed by atoms with van der Waals surface area (Å²) in [6, 6.07) is 9.57. The van der Waals surface area contributed by atoms with Crippen LogP contribution in [0.1, 0.15) is 17.1 Å². The van der Waals surface area contributed by atoms with E-state index in [1.54, 1.807) is 20.1 Å². The smallest absolute Gasteiger partial charge is 0.144 e. The maximum atomic E-state index is 8.94. The second kappa shape index (κ2) is 4.84. The van der Waals surface area contributed by atoms with E-state index in [0.29, 0.717) is 17.2 Å². The molecule has 0 saturated carbocycles. The first-order valence-corrected chi connectivity index (χ1v) is 5.55. The number of hydrogen-bond acceptors (Lipinski definition) is 4. The van der Waals surface area contributed by atoms with Gasteiger partial charge in [0.15, 0.2) is 0 Å². The molecule has 2 aromatic rings. The molecule has 1 aromatic heterocycles. The largest absolute Gasteiger partial charge is 0.496 e. The number of hydrogen-bond donors (Lipinski definition) is 0. The van der Waals surface area contributed by atoms with Gasteiger partial charge >= 0.3 is 0 Å². The molecule has 1 aromatic carbocycles. The number of ether oxygens (including phenoxy) is 1. The summed E-state index contributed by atoms with van der Waals surface area (Å²) in [5, 5.41) is 8.94. The van der Waals surface area contributed by atoms with Crippen molar-refractivity contribution in [2.45, 2.75) is 13.8 Å². The molecule has 4 heteroatoms. The SMILES string of the molecule is COc1ccc(C)cc1-c1cc(C#N)nc(C)n1. The molecule has 0 aliphatic rings. The van der Waals surface area contributed by atoms with Crippen LogP contribution in [0.15, 0.2) is 24.3 Å². The summed E-state index contributed by atoms with van der Waals surface area (Å²) in [7, 11) is 1.62. The molecule has 0 spiro atoms. The van der Waals surface area contributed by atoms with Gasteiger partial charge in [0.2, 0.25) is 0 Å². The van der Waals surface area contributed by atoms with Crippen LogP contribution in [-0.2, 0) is 0 Å². The van der Waals surface area contributed by atoms with E-state index in [9.17, 15) is 0 Å². The zero-order valence-corrected chi connectivity index (χ0v) is 10.6. The fraction of sp³-hybridized carbons (Fsp3) is 0.214. The van der Waals surface area contributed by atoms with Gasteiger partial charge < -0.3 is 4.74 Å². The molecule has 0 radical (unpaired) electrons. The van der Waals surface area contributed by atoms with E-state index in [0.717, 1.165) is 16.9 Å². The maximum absolute atomic E-state index is 8.94. The monoisotopic (exact) mass is 239 g/mol. The highest BCUT2D eigenvalue weighted by Crippen LogP contribution is 2.29. The van der Waals surface area contributed by atoms with Crippen molar-refractivity contribution < 1.29 is 4.74 Å². The minimum absolute atomic E-state index is 0.362. The summed E-state index contributed by atoms with van der Waals surface area (Å²) in [5.41, 5.74) is 3.06. The van der Waals surface area contributed by atoms with Gasteiger partial charge in [0.05, 0.1) is 12.8 Å². The molecule has 1 heterocycles. The topological polar surface area (TPSA) is 58.8 Å². The van der Waals surface area contributed by atoms with Gasteiger partial charge in [0.25, 0.3) is 0 Å². The van der Waals surface area contributed by atoms with E-state index in [-0.39, 0.29) is 0 Å². The summed E-state index contributed by atoms with van der Waals surface area (Å²) in [6.07, 6.45) is 0. The molecule has 0 fully saturated rings. The number of benzene rings is 1. The number of aromatic nitrogens is 2. The third-order valence-electron chi connectivity index (χ3n) is 2.58. The van der Waals surface area contributed by atoms with E-state index < -0.39 is 0 Å². The number of nitriles is 1. The summed E-state index contributed by atoms with van der Waals surface area (Å²) in [4.78, 5) is 8.40. The molecule has 0 unspecified atom stereocenters. The molecule has 0 N–H and O–H groups in total. The Labute approximate surface area is 106 Å². The number of aryl methyl sites for hydroxylation is 2. The van der Waals surface area contributed by atoms with Gasteiger partial charge in [0, 0.05) is 11.6 Å². The van der Waals surface area contributed by atoms with Crippen LogP contribution in [-0.4, -0.2) is 17.1 Å². The Kier molecular flexibility index (Phi) is 3.24. The van der Waals surface area contributed by atoms with E-state index in [2.05, 4.69) is 9.97 Å². The van der Waals surface area contributed by atoms with Gasteiger partial charge in [-0.25, -0.2) is 9.97 Å². The average Bonchev–Trinajstić information content (AvgIpc) is 2.38. The highest BCUT2D eigenvalue weighted by molar-refractivity contribution is 5.68. The van der Waals surface area contributed by atoms with Gasteiger partial charge in [-0.05, 0) is 26.0 Å². The quantitative estimate of drug-likeness (QED) is 0.808. The molecule has 0 amide bonds. The van der Waals surface area contributed by atoms with Crippen molar-refractivity contribution in [3.05, 3.63) is 41.3 Å². The second-order valence-corrected chi connectivity index (χ2v) is 4.00. The normalized spacial score (nSPS) is 9.89. The van der Waals surface area contributed by atoms with Gasteiger partial charge in [-0.1, -0.05) is 11.6 Å². The van der Waals surface area contributed by atoms with Crippen LogP contribution in [0.5, 0.6) is 5.75 Å². The molecule has 0 aliphatic heterocycles. The van der Waals surface area contributed by atoms with Crippen LogP contribution >= 0.6 is 0 Å². The Hall–Kier alpha value is -2.41. The molecule has 90 valence electrons. The Balaban J connectivity index is 2.65. The third kappa shape index (κ3) is 2.30. The molecule has 4 nitrogen and oxygen atoms in total. The summed E-state index contributed by atoms with van der Waals surface area (Å²) < 4.78 is 5.32. The van der Waals surface area contributed by atoms with Gasteiger partial charge in [0.1, 0.15) is 23.3 Å². The minimum atomic E-state index is 0.362. The van der Waals surface area contributed by atoms with Crippen molar-refractivity contribution in [1.82, 2.24) is 9.97 Å². The molecular weight excluding hydrogens is 226 g/mol. The fourth-order valence-electron chi connectivity index (χ4n) is 1.78. The zero-order chi connectivity index (χ0) is 13.1. The van der Waals surface area contributed by atoms with Crippen molar-refractivity contribution in [3.63, 3.8) is 0 Å². The number of methoxy groups -OCH3 is 1. The minimum Gasteiger partial charge on any atom is -0.496 e. The lowest BCUT2D eigenvalue weighted by Gasteiger charge is -2.09. The Morgan fingerprint density at radius 2 is 1.94 bits per heavy atom. The van der Waals surface area contributed by atoms with Crippen LogP contribution in [0.4, 0.5) is 0 Å². The van der Waals surface area contributed by atoms with Crippen LogP contribution < -0.4 is 4.74 Å². The van der Waals surface area contributed by atoms with E-state index in [4.69, 9.17) is 10.00 Å². The van der Waals surface area contributed by atoms with E-state index in [1.807, 2.05) is 31.2 Å². The number of nitrogens with zero attached hydrogens (tertiary/aromatic N) is 3. The maximum Gasteiger partial charge on any atom is 0.144 e. The average molecular weight is 239 g/mol. The molecular formula is C14H13N3O. The van der Waals surface area contributed by atoms with Crippen molar-refractivity contribution in [2.24, 2.45) is 0 Å². The Morgan fingerprint density at radius 1 is 1.17 bits per heavy atom. The molecule has 18 heavy (non-hydrogen) atoms. The summed E-state index contributed by atoms with van der Waals surface area (Å²) in [6.45, 7) is 3.77. The predicted octanol–water partition coefficient (Wildman–Crippen LogP) is 2.64. The van der Waals surface area contributed by atoms with Gasteiger partial charge in [-0.3, -0.25) is 0 Å². The summed E-state index contributed by atoms with van der Waals surface area (Å²) in [5.74, 6) is 1.31. The highest BCUT2D eigenvalue weighted by Gasteiger charge is 2.10. The van der Waals surface area contributed by atoms with Crippen molar-refractivity contribution in [3.8, 4) is 23.1 Å².